The van der Waals surface area contributed by atoms with Gasteiger partial charge in [0.1, 0.15) is 17.1 Å². The summed E-state index contributed by atoms with van der Waals surface area (Å²) in [6.07, 6.45) is 1.39. The van der Waals surface area contributed by atoms with Crippen molar-refractivity contribution < 1.29 is 9.90 Å². The molecule has 154 valence electrons. The van der Waals surface area contributed by atoms with E-state index in [0.717, 1.165) is 16.0 Å². The highest BCUT2D eigenvalue weighted by Gasteiger charge is 2.18. The van der Waals surface area contributed by atoms with Crippen LogP contribution in [0.15, 0.2) is 52.2 Å². The third-order valence-electron chi connectivity index (χ3n) is 4.80. The smallest absolute Gasteiger partial charge is 0.263 e. The van der Waals surface area contributed by atoms with Crippen LogP contribution in [0.1, 0.15) is 26.3 Å². The minimum Gasteiger partial charge on any atom is -0.506 e. The molecule has 3 heterocycles. The standard InChI is InChI=1S/C22H21N3O3S2/c1-22(2,3)13-6-7-16(26)15(9-13)24-18(27)10-25-12-23-20-19(21(25)28)14(11-30-20)17-5-4-8-29-17/h4-9,11-12,26H,10H2,1-3H3,(H,24,27). The number of benzene rings is 1. The molecule has 0 aliphatic rings. The molecule has 6 nitrogen and oxygen atoms in total. The number of aromatic nitrogens is 2. The lowest BCUT2D eigenvalue weighted by Gasteiger charge is -2.20. The monoisotopic (exact) mass is 439 g/mol. The molecule has 8 heteroatoms. The van der Waals surface area contributed by atoms with Gasteiger partial charge < -0.3 is 10.4 Å². The summed E-state index contributed by atoms with van der Waals surface area (Å²) in [7, 11) is 0. The molecule has 0 fully saturated rings. The highest BCUT2D eigenvalue weighted by molar-refractivity contribution is 7.18. The summed E-state index contributed by atoms with van der Waals surface area (Å²) in [5, 5.41) is 17.2. The van der Waals surface area contributed by atoms with Crippen LogP contribution in [-0.4, -0.2) is 20.6 Å². The summed E-state index contributed by atoms with van der Waals surface area (Å²) < 4.78 is 1.30. The number of anilines is 1. The van der Waals surface area contributed by atoms with Crippen LogP contribution >= 0.6 is 22.7 Å². The molecule has 0 radical (unpaired) electrons. The van der Waals surface area contributed by atoms with E-state index in [9.17, 15) is 14.7 Å². The van der Waals surface area contributed by atoms with E-state index >= 15 is 0 Å². The van der Waals surface area contributed by atoms with Crippen molar-refractivity contribution in [1.29, 1.82) is 0 Å². The fraction of sp³-hybridized carbons (Fsp3) is 0.227. The number of hydrogen-bond donors (Lipinski definition) is 2. The zero-order valence-electron chi connectivity index (χ0n) is 16.8. The number of phenolic OH excluding ortho intramolecular Hbond substituents is 1. The van der Waals surface area contributed by atoms with Gasteiger partial charge in [0.25, 0.3) is 5.56 Å². The zero-order valence-corrected chi connectivity index (χ0v) is 18.4. The van der Waals surface area contributed by atoms with Crippen molar-refractivity contribution in [3.8, 4) is 16.2 Å². The molecule has 0 aliphatic carbocycles. The zero-order chi connectivity index (χ0) is 21.5. The van der Waals surface area contributed by atoms with E-state index in [1.807, 2.05) is 29.0 Å². The Morgan fingerprint density at radius 1 is 1.23 bits per heavy atom. The van der Waals surface area contributed by atoms with Gasteiger partial charge >= 0.3 is 0 Å². The summed E-state index contributed by atoms with van der Waals surface area (Å²) in [5.74, 6) is -0.428. The Hall–Kier alpha value is -2.97. The molecule has 1 aromatic carbocycles. The van der Waals surface area contributed by atoms with Gasteiger partial charge in [-0.15, -0.1) is 22.7 Å². The van der Waals surface area contributed by atoms with E-state index < -0.39 is 5.91 Å². The number of thiophene rings is 2. The Labute approximate surface area is 181 Å². The fourth-order valence-corrected chi connectivity index (χ4v) is 4.86. The van der Waals surface area contributed by atoms with E-state index in [0.29, 0.717) is 15.9 Å². The van der Waals surface area contributed by atoms with Crippen molar-refractivity contribution in [2.45, 2.75) is 32.7 Å². The number of hydrogen-bond acceptors (Lipinski definition) is 6. The number of carbonyl (C=O) groups is 1. The number of amides is 1. The quantitative estimate of drug-likeness (QED) is 0.446. The first kappa shape index (κ1) is 20.3. The second-order valence-corrected chi connectivity index (χ2v) is 9.82. The summed E-state index contributed by atoms with van der Waals surface area (Å²) in [4.78, 5) is 31.7. The van der Waals surface area contributed by atoms with Gasteiger partial charge in [0.15, 0.2) is 0 Å². The summed E-state index contributed by atoms with van der Waals surface area (Å²) in [6.45, 7) is 5.97. The van der Waals surface area contributed by atoms with Crippen molar-refractivity contribution in [3.05, 3.63) is 63.3 Å². The van der Waals surface area contributed by atoms with Crippen LogP contribution in [0.5, 0.6) is 5.75 Å². The second kappa shape index (κ2) is 7.70. The molecule has 0 unspecified atom stereocenters. The molecule has 30 heavy (non-hydrogen) atoms. The summed E-state index contributed by atoms with van der Waals surface area (Å²) in [6, 6.07) is 9.04. The Balaban J connectivity index is 1.62. The molecular formula is C22H21N3O3S2. The molecule has 0 spiro atoms. The maximum absolute atomic E-state index is 13.1. The Morgan fingerprint density at radius 3 is 2.73 bits per heavy atom. The average molecular weight is 440 g/mol. The predicted molar refractivity (Wildman–Crippen MR) is 123 cm³/mol. The molecule has 0 saturated heterocycles. The van der Waals surface area contributed by atoms with Crippen molar-refractivity contribution in [2.24, 2.45) is 0 Å². The van der Waals surface area contributed by atoms with Gasteiger partial charge in [-0.3, -0.25) is 14.2 Å². The lowest BCUT2D eigenvalue weighted by molar-refractivity contribution is -0.116. The number of phenols is 1. The van der Waals surface area contributed by atoms with E-state index in [2.05, 4.69) is 31.1 Å². The van der Waals surface area contributed by atoms with E-state index in [1.165, 1.54) is 22.2 Å². The third kappa shape index (κ3) is 3.88. The normalized spacial score (nSPS) is 11.7. The molecular weight excluding hydrogens is 418 g/mol. The van der Waals surface area contributed by atoms with Gasteiger partial charge in [0, 0.05) is 15.8 Å². The highest BCUT2D eigenvalue weighted by atomic mass is 32.1. The maximum Gasteiger partial charge on any atom is 0.263 e. The maximum atomic E-state index is 13.1. The Bertz CT molecular complexity index is 1280. The van der Waals surface area contributed by atoms with Crippen LogP contribution in [0.3, 0.4) is 0 Å². The van der Waals surface area contributed by atoms with Gasteiger partial charge in [0.2, 0.25) is 5.91 Å². The number of carbonyl (C=O) groups excluding carboxylic acids is 1. The molecule has 0 aliphatic heterocycles. The molecule has 3 aromatic heterocycles. The largest absolute Gasteiger partial charge is 0.506 e. The van der Waals surface area contributed by atoms with Crippen LogP contribution in [0.4, 0.5) is 5.69 Å². The summed E-state index contributed by atoms with van der Waals surface area (Å²) >= 11 is 2.97. The van der Waals surface area contributed by atoms with Crippen molar-refractivity contribution in [1.82, 2.24) is 9.55 Å². The first-order chi connectivity index (χ1) is 14.2. The highest BCUT2D eigenvalue weighted by Crippen LogP contribution is 2.33. The van der Waals surface area contributed by atoms with Crippen molar-refractivity contribution in [2.75, 3.05) is 5.32 Å². The minimum absolute atomic E-state index is 0.0184. The lowest BCUT2D eigenvalue weighted by atomic mass is 9.87. The van der Waals surface area contributed by atoms with Crippen LogP contribution in [0, 0.1) is 0 Å². The van der Waals surface area contributed by atoms with E-state index in [-0.39, 0.29) is 23.3 Å². The topological polar surface area (TPSA) is 84.2 Å². The van der Waals surface area contributed by atoms with Gasteiger partial charge in [-0.1, -0.05) is 32.9 Å². The average Bonchev–Trinajstić information content (AvgIpc) is 3.34. The molecule has 0 saturated carbocycles. The molecule has 0 bridgehead atoms. The first-order valence-electron chi connectivity index (χ1n) is 9.38. The number of nitrogens with zero attached hydrogens (tertiary/aromatic N) is 2. The van der Waals surface area contributed by atoms with Crippen molar-refractivity contribution >= 4 is 44.5 Å². The minimum atomic E-state index is -0.410. The number of rotatable bonds is 4. The number of aromatic hydroxyl groups is 1. The third-order valence-corrected chi connectivity index (χ3v) is 6.59. The van der Waals surface area contributed by atoms with Crippen molar-refractivity contribution in [3.63, 3.8) is 0 Å². The SMILES string of the molecule is CC(C)(C)c1ccc(O)c(NC(=O)Cn2cnc3scc(-c4cccs4)c3c2=O)c1. The van der Waals surface area contributed by atoms with Crippen LogP contribution in [0.2, 0.25) is 0 Å². The molecule has 0 atom stereocenters. The Kier molecular flexibility index (Phi) is 5.21. The first-order valence-corrected chi connectivity index (χ1v) is 11.1. The molecule has 4 rings (SSSR count). The summed E-state index contributed by atoms with van der Waals surface area (Å²) in [5.41, 5.74) is 1.76. The van der Waals surface area contributed by atoms with Gasteiger partial charge in [-0.2, -0.15) is 0 Å². The van der Waals surface area contributed by atoms with E-state index in [4.69, 9.17) is 0 Å². The number of nitrogens with one attached hydrogen (secondary N) is 1. The number of fused-ring (bicyclic) bond motifs is 1. The second-order valence-electron chi connectivity index (χ2n) is 8.01. The fourth-order valence-electron chi connectivity index (χ4n) is 3.14. The molecule has 1 amide bonds. The van der Waals surface area contributed by atoms with Gasteiger partial charge in [-0.05, 0) is 34.6 Å². The molecule has 2 N–H and O–H groups in total. The van der Waals surface area contributed by atoms with Crippen LogP contribution in [0.25, 0.3) is 20.7 Å². The predicted octanol–water partition coefficient (Wildman–Crippen LogP) is 4.83. The Morgan fingerprint density at radius 2 is 2.03 bits per heavy atom. The van der Waals surface area contributed by atoms with Crippen LogP contribution < -0.4 is 10.9 Å². The van der Waals surface area contributed by atoms with Gasteiger partial charge in [0.05, 0.1) is 17.4 Å². The molecule has 4 aromatic rings. The van der Waals surface area contributed by atoms with Gasteiger partial charge in [-0.25, -0.2) is 4.98 Å². The van der Waals surface area contributed by atoms with E-state index in [1.54, 1.807) is 23.5 Å². The lowest BCUT2D eigenvalue weighted by Crippen LogP contribution is -2.28. The van der Waals surface area contributed by atoms with Crippen LogP contribution in [-0.2, 0) is 16.8 Å².